The van der Waals surface area contributed by atoms with Gasteiger partial charge < -0.3 is 9.73 Å². The Kier molecular flexibility index (Phi) is 3.16. The molecule has 0 aliphatic heterocycles. The number of H-pyrrole nitrogens is 1. The topological polar surface area (TPSA) is 100 Å². The minimum Gasteiger partial charge on any atom is -0.446 e. The van der Waals surface area contributed by atoms with E-state index in [2.05, 4.69) is 20.2 Å². The molecule has 0 radical (unpaired) electrons. The highest BCUT2D eigenvalue weighted by molar-refractivity contribution is 7.92. The number of anilines is 1. The van der Waals surface area contributed by atoms with Crippen LogP contribution in [0.4, 0.5) is 5.69 Å². The summed E-state index contributed by atoms with van der Waals surface area (Å²) in [7, 11) is -1.93. The molecule has 92 valence electrons. The standard InChI is InChI=1S/C9H12N4O3S/c1-10-6-8-2-3-9(16-8)17(14,15)13-7-4-11-12-5-7/h2-5,10,13H,6H2,1H3,(H,11,12). The van der Waals surface area contributed by atoms with Crippen molar-refractivity contribution in [1.82, 2.24) is 15.5 Å². The molecule has 0 fully saturated rings. The highest BCUT2D eigenvalue weighted by Crippen LogP contribution is 2.17. The van der Waals surface area contributed by atoms with Crippen LogP contribution in [0.3, 0.4) is 0 Å². The van der Waals surface area contributed by atoms with Crippen molar-refractivity contribution in [3.8, 4) is 0 Å². The molecule has 8 heteroatoms. The summed E-state index contributed by atoms with van der Waals surface area (Å²) in [6.07, 6.45) is 2.81. The first-order chi connectivity index (χ1) is 8.12. The Morgan fingerprint density at radius 3 is 2.94 bits per heavy atom. The van der Waals surface area contributed by atoms with E-state index in [9.17, 15) is 8.42 Å². The second-order valence-corrected chi connectivity index (χ2v) is 4.96. The lowest BCUT2D eigenvalue weighted by Gasteiger charge is -2.01. The predicted octanol–water partition coefficient (Wildman–Crippen LogP) is 0.523. The molecular weight excluding hydrogens is 244 g/mol. The van der Waals surface area contributed by atoms with E-state index in [1.807, 2.05) is 0 Å². The average molecular weight is 256 g/mol. The SMILES string of the molecule is CNCc1ccc(S(=O)(=O)Nc2cn[nH]c2)o1. The third kappa shape index (κ3) is 2.66. The molecule has 0 aliphatic rings. The molecule has 17 heavy (non-hydrogen) atoms. The molecule has 3 N–H and O–H groups in total. The van der Waals surface area contributed by atoms with Gasteiger partial charge in [-0.3, -0.25) is 9.82 Å². The van der Waals surface area contributed by atoms with E-state index in [-0.39, 0.29) is 5.09 Å². The third-order valence-corrected chi connectivity index (χ3v) is 3.26. The fourth-order valence-electron chi connectivity index (χ4n) is 1.28. The average Bonchev–Trinajstić information content (AvgIpc) is 2.88. The van der Waals surface area contributed by atoms with Crippen LogP contribution in [-0.4, -0.2) is 25.7 Å². The van der Waals surface area contributed by atoms with Gasteiger partial charge in [0, 0.05) is 6.20 Å². The van der Waals surface area contributed by atoms with Crippen molar-refractivity contribution in [2.24, 2.45) is 0 Å². The van der Waals surface area contributed by atoms with E-state index < -0.39 is 10.0 Å². The van der Waals surface area contributed by atoms with Gasteiger partial charge in [0.15, 0.2) is 0 Å². The number of rotatable bonds is 5. The number of sulfonamides is 1. The van der Waals surface area contributed by atoms with Gasteiger partial charge in [-0.2, -0.15) is 13.5 Å². The molecule has 0 bridgehead atoms. The monoisotopic (exact) mass is 256 g/mol. The number of furan rings is 1. The van der Waals surface area contributed by atoms with Gasteiger partial charge in [0.2, 0.25) is 5.09 Å². The van der Waals surface area contributed by atoms with E-state index >= 15 is 0 Å². The summed E-state index contributed by atoms with van der Waals surface area (Å²) in [4.78, 5) is 0. The van der Waals surface area contributed by atoms with Gasteiger partial charge in [-0.05, 0) is 19.2 Å². The fourth-order valence-corrected chi connectivity index (χ4v) is 2.27. The molecule has 0 spiro atoms. The minimum atomic E-state index is -3.69. The first-order valence-corrected chi connectivity index (χ1v) is 6.35. The van der Waals surface area contributed by atoms with Crippen molar-refractivity contribution in [2.45, 2.75) is 11.6 Å². The number of hydrogen-bond donors (Lipinski definition) is 3. The van der Waals surface area contributed by atoms with E-state index in [1.165, 1.54) is 18.5 Å². The molecule has 0 aromatic carbocycles. The van der Waals surface area contributed by atoms with E-state index in [0.29, 0.717) is 18.0 Å². The molecule has 2 rings (SSSR count). The van der Waals surface area contributed by atoms with Crippen LogP contribution in [0.25, 0.3) is 0 Å². The van der Waals surface area contributed by atoms with Gasteiger partial charge in [-0.15, -0.1) is 0 Å². The van der Waals surface area contributed by atoms with Crippen molar-refractivity contribution in [1.29, 1.82) is 0 Å². The zero-order chi connectivity index (χ0) is 12.3. The Morgan fingerprint density at radius 2 is 2.29 bits per heavy atom. The summed E-state index contributed by atoms with van der Waals surface area (Å²) in [5.74, 6) is 0.556. The molecule has 0 aliphatic carbocycles. The van der Waals surface area contributed by atoms with Gasteiger partial charge in [0.1, 0.15) is 5.76 Å². The zero-order valence-electron chi connectivity index (χ0n) is 9.10. The highest BCUT2D eigenvalue weighted by Gasteiger charge is 2.19. The van der Waals surface area contributed by atoms with E-state index in [0.717, 1.165) is 0 Å². The van der Waals surface area contributed by atoms with Gasteiger partial charge in [-0.1, -0.05) is 0 Å². The number of nitrogens with zero attached hydrogens (tertiary/aromatic N) is 1. The molecule has 0 saturated carbocycles. The summed E-state index contributed by atoms with van der Waals surface area (Å²) >= 11 is 0. The number of aromatic amines is 1. The maximum absolute atomic E-state index is 11.9. The second-order valence-electron chi connectivity index (χ2n) is 3.34. The maximum Gasteiger partial charge on any atom is 0.295 e. The van der Waals surface area contributed by atoms with Crippen LogP contribution < -0.4 is 10.0 Å². The van der Waals surface area contributed by atoms with Crippen molar-refractivity contribution >= 4 is 15.7 Å². The predicted molar refractivity (Wildman–Crippen MR) is 60.9 cm³/mol. The lowest BCUT2D eigenvalue weighted by Crippen LogP contribution is -2.11. The second kappa shape index (κ2) is 4.60. The van der Waals surface area contributed by atoms with Crippen molar-refractivity contribution in [2.75, 3.05) is 11.8 Å². The van der Waals surface area contributed by atoms with Crippen LogP contribution in [0.5, 0.6) is 0 Å². The summed E-state index contributed by atoms with van der Waals surface area (Å²) in [5.41, 5.74) is 0.358. The number of aromatic nitrogens is 2. The summed E-state index contributed by atoms with van der Waals surface area (Å²) in [5, 5.41) is 8.90. The number of hydrogen-bond acceptors (Lipinski definition) is 5. The molecule has 0 amide bonds. The molecule has 0 atom stereocenters. The van der Waals surface area contributed by atoms with Crippen molar-refractivity contribution in [3.63, 3.8) is 0 Å². The smallest absolute Gasteiger partial charge is 0.295 e. The molecule has 0 unspecified atom stereocenters. The normalized spacial score (nSPS) is 11.6. The summed E-state index contributed by atoms with van der Waals surface area (Å²) in [6.45, 7) is 0.473. The Bertz CT molecular complexity index is 573. The van der Waals surface area contributed by atoms with Crippen LogP contribution in [0.2, 0.25) is 0 Å². The van der Waals surface area contributed by atoms with Crippen LogP contribution >= 0.6 is 0 Å². The van der Waals surface area contributed by atoms with Crippen molar-refractivity contribution < 1.29 is 12.8 Å². The molecule has 2 aromatic heterocycles. The van der Waals surface area contributed by atoms with Gasteiger partial charge >= 0.3 is 0 Å². The van der Waals surface area contributed by atoms with Gasteiger partial charge in [0.05, 0.1) is 18.4 Å². The fraction of sp³-hybridized carbons (Fsp3) is 0.222. The van der Waals surface area contributed by atoms with Gasteiger partial charge in [-0.25, -0.2) is 0 Å². The Labute approximate surface area is 98.3 Å². The zero-order valence-corrected chi connectivity index (χ0v) is 9.91. The van der Waals surface area contributed by atoms with Crippen LogP contribution in [0.15, 0.2) is 34.0 Å². The first-order valence-electron chi connectivity index (χ1n) is 4.87. The molecular formula is C9H12N4O3S. The Balaban J connectivity index is 2.19. The maximum atomic E-state index is 11.9. The third-order valence-electron chi connectivity index (χ3n) is 2.00. The van der Waals surface area contributed by atoms with Crippen LogP contribution in [0, 0.1) is 0 Å². The molecule has 2 aromatic rings. The van der Waals surface area contributed by atoms with Crippen molar-refractivity contribution in [3.05, 3.63) is 30.3 Å². The molecule has 0 saturated heterocycles. The van der Waals surface area contributed by atoms with Crippen LogP contribution in [0.1, 0.15) is 5.76 Å². The quantitative estimate of drug-likeness (QED) is 0.724. The number of nitrogens with one attached hydrogen (secondary N) is 3. The van der Waals surface area contributed by atoms with E-state index in [4.69, 9.17) is 4.42 Å². The first kappa shape index (κ1) is 11.7. The van der Waals surface area contributed by atoms with Gasteiger partial charge in [0.25, 0.3) is 10.0 Å². The molecule has 7 nitrogen and oxygen atoms in total. The Morgan fingerprint density at radius 1 is 1.47 bits per heavy atom. The van der Waals surface area contributed by atoms with Crippen LogP contribution in [-0.2, 0) is 16.6 Å². The molecule has 2 heterocycles. The highest BCUT2D eigenvalue weighted by atomic mass is 32.2. The lowest BCUT2D eigenvalue weighted by atomic mass is 10.4. The lowest BCUT2D eigenvalue weighted by molar-refractivity contribution is 0.408. The summed E-state index contributed by atoms with van der Waals surface area (Å²) in [6, 6.07) is 3.02. The van der Waals surface area contributed by atoms with E-state index in [1.54, 1.807) is 13.1 Å². The minimum absolute atomic E-state index is 0.121. The largest absolute Gasteiger partial charge is 0.446 e. The Hall–Kier alpha value is -1.80. The summed E-state index contributed by atoms with van der Waals surface area (Å²) < 4.78 is 31.2.